The second kappa shape index (κ2) is 7.95. The molecule has 1 aromatic rings. The molecule has 2 atom stereocenters. The fraction of sp³-hybridized carbons (Fsp3) is 0.500. The average Bonchev–Trinajstić information content (AvgIpc) is 2.60. The van der Waals surface area contributed by atoms with Crippen LogP contribution in [0.2, 0.25) is 0 Å². The quantitative estimate of drug-likeness (QED) is 0.834. The molecule has 0 radical (unpaired) electrons. The first-order valence-corrected chi connectivity index (χ1v) is 8.23. The van der Waals surface area contributed by atoms with Crippen molar-refractivity contribution in [2.75, 3.05) is 13.6 Å². The number of benzene rings is 1. The molecule has 6 heteroatoms. The smallest absolute Gasteiger partial charge is 0.264 e. The van der Waals surface area contributed by atoms with Crippen molar-refractivity contribution in [1.82, 2.24) is 10.2 Å². The van der Waals surface area contributed by atoms with Gasteiger partial charge in [0.1, 0.15) is 11.8 Å². The maximum absolute atomic E-state index is 12.7. The summed E-state index contributed by atoms with van der Waals surface area (Å²) in [6.45, 7) is 3.70. The second-order valence-electron chi connectivity index (χ2n) is 6.00. The van der Waals surface area contributed by atoms with Crippen molar-refractivity contribution in [2.45, 2.75) is 45.3 Å². The third-order valence-corrected chi connectivity index (χ3v) is 4.24. The van der Waals surface area contributed by atoms with Crippen molar-refractivity contribution < 1.29 is 19.1 Å². The van der Waals surface area contributed by atoms with Gasteiger partial charge in [-0.25, -0.2) is 0 Å². The van der Waals surface area contributed by atoms with Gasteiger partial charge in [0.2, 0.25) is 5.91 Å². The summed E-state index contributed by atoms with van der Waals surface area (Å²) in [5.74, 6) is 0.0533. The zero-order valence-corrected chi connectivity index (χ0v) is 14.4. The number of nitrogens with one attached hydrogen (secondary N) is 1. The van der Waals surface area contributed by atoms with Gasteiger partial charge in [-0.15, -0.1) is 0 Å². The first-order valence-electron chi connectivity index (χ1n) is 8.23. The van der Waals surface area contributed by atoms with Crippen LogP contribution in [0, 0.1) is 0 Å². The van der Waals surface area contributed by atoms with Gasteiger partial charge in [-0.05, 0) is 45.2 Å². The molecular formula is C18H24N2O4. The van der Waals surface area contributed by atoms with Crippen LogP contribution in [-0.4, -0.2) is 48.2 Å². The Morgan fingerprint density at radius 3 is 2.71 bits per heavy atom. The van der Waals surface area contributed by atoms with E-state index in [4.69, 9.17) is 4.74 Å². The monoisotopic (exact) mass is 332 g/mol. The number of hydrogen-bond donors (Lipinski definition) is 1. The topological polar surface area (TPSA) is 75.7 Å². The van der Waals surface area contributed by atoms with Gasteiger partial charge in [-0.2, -0.15) is 0 Å². The Morgan fingerprint density at radius 1 is 1.29 bits per heavy atom. The number of carbonyl (C=O) groups is 3. The van der Waals surface area contributed by atoms with Gasteiger partial charge in [0.25, 0.3) is 5.91 Å². The lowest BCUT2D eigenvalue weighted by Crippen LogP contribution is -2.54. The van der Waals surface area contributed by atoms with E-state index in [2.05, 4.69) is 5.32 Å². The SMILES string of the molecule is CNC(=O)[C@@H]1CCCCN1C(=O)[C@@H](C)Oc1cccc(C(C)=O)c1. The van der Waals surface area contributed by atoms with Crippen LogP contribution in [0.3, 0.4) is 0 Å². The molecule has 0 aliphatic carbocycles. The molecule has 1 aliphatic rings. The lowest BCUT2D eigenvalue weighted by molar-refractivity contribution is -0.147. The Kier molecular flexibility index (Phi) is 5.95. The molecule has 130 valence electrons. The van der Waals surface area contributed by atoms with Gasteiger partial charge in [0.05, 0.1) is 0 Å². The number of piperidine rings is 1. The fourth-order valence-corrected chi connectivity index (χ4v) is 2.91. The summed E-state index contributed by atoms with van der Waals surface area (Å²) in [4.78, 5) is 37.7. The van der Waals surface area contributed by atoms with E-state index in [0.717, 1.165) is 12.8 Å². The lowest BCUT2D eigenvalue weighted by atomic mass is 10.0. The number of likely N-dealkylation sites (N-methyl/N-ethyl adjacent to an activating group) is 1. The van der Waals surface area contributed by atoms with Crippen LogP contribution in [0.15, 0.2) is 24.3 Å². The predicted octanol–water partition coefficient (Wildman–Crippen LogP) is 1.78. The minimum atomic E-state index is -0.725. The molecule has 2 rings (SSSR count). The van der Waals surface area contributed by atoms with Crippen molar-refractivity contribution in [3.63, 3.8) is 0 Å². The fourth-order valence-electron chi connectivity index (χ4n) is 2.91. The van der Waals surface area contributed by atoms with E-state index in [1.54, 1.807) is 43.1 Å². The van der Waals surface area contributed by atoms with E-state index in [0.29, 0.717) is 24.3 Å². The molecule has 1 fully saturated rings. The van der Waals surface area contributed by atoms with E-state index in [-0.39, 0.29) is 17.6 Å². The molecule has 1 aromatic carbocycles. The molecule has 0 aromatic heterocycles. The molecule has 0 saturated carbocycles. The first kappa shape index (κ1) is 18.0. The van der Waals surface area contributed by atoms with Crippen LogP contribution >= 0.6 is 0 Å². The largest absolute Gasteiger partial charge is 0.481 e. The molecule has 24 heavy (non-hydrogen) atoms. The van der Waals surface area contributed by atoms with E-state index in [9.17, 15) is 14.4 Å². The van der Waals surface area contributed by atoms with E-state index in [1.807, 2.05) is 0 Å². The zero-order chi connectivity index (χ0) is 17.7. The normalized spacial score (nSPS) is 18.6. The molecule has 0 unspecified atom stereocenters. The molecule has 1 saturated heterocycles. The number of ether oxygens (including phenoxy) is 1. The Balaban J connectivity index is 2.09. The highest BCUT2D eigenvalue weighted by atomic mass is 16.5. The Labute approximate surface area is 142 Å². The summed E-state index contributed by atoms with van der Waals surface area (Å²) in [6, 6.07) is 6.32. The minimum absolute atomic E-state index is 0.0601. The number of rotatable bonds is 5. The Bertz CT molecular complexity index is 629. The number of carbonyl (C=O) groups excluding carboxylic acids is 3. The van der Waals surface area contributed by atoms with Crippen molar-refractivity contribution in [3.8, 4) is 5.75 Å². The minimum Gasteiger partial charge on any atom is -0.481 e. The van der Waals surface area contributed by atoms with E-state index in [1.165, 1.54) is 6.92 Å². The highest BCUT2D eigenvalue weighted by molar-refractivity contribution is 5.94. The number of likely N-dealkylation sites (tertiary alicyclic amines) is 1. The highest BCUT2D eigenvalue weighted by Gasteiger charge is 2.34. The van der Waals surface area contributed by atoms with Crippen molar-refractivity contribution >= 4 is 17.6 Å². The summed E-state index contributed by atoms with van der Waals surface area (Å²) >= 11 is 0. The molecular weight excluding hydrogens is 308 g/mol. The van der Waals surface area contributed by atoms with Gasteiger partial charge in [0.15, 0.2) is 11.9 Å². The summed E-state index contributed by atoms with van der Waals surface area (Å²) in [6.07, 6.45) is 1.75. The Morgan fingerprint density at radius 2 is 2.04 bits per heavy atom. The standard InChI is InChI=1S/C18H24N2O4/c1-12(21)14-7-6-8-15(11-14)24-13(2)18(23)20-10-5-4-9-16(20)17(22)19-3/h6-8,11,13,16H,4-5,9-10H2,1-3H3,(H,19,22)/t13-,16+/m1/s1. The van der Waals surface area contributed by atoms with Crippen LogP contribution in [0.25, 0.3) is 0 Å². The van der Waals surface area contributed by atoms with E-state index < -0.39 is 12.1 Å². The molecule has 1 heterocycles. The number of amides is 2. The lowest BCUT2D eigenvalue weighted by Gasteiger charge is -2.35. The van der Waals surface area contributed by atoms with Gasteiger partial charge >= 0.3 is 0 Å². The third-order valence-electron chi connectivity index (χ3n) is 4.24. The molecule has 1 N–H and O–H groups in total. The molecule has 2 amide bonds. The maximum Gasteiger partial charge on any atom is 0.264 e. The summed E-state index contributed by atoms with van der Waals surface area (Å²) < 4.78 is 5.71. The van der Waals surface area contributed by atoms with Crippen molar-refractivity contribution in [2.24, 2.45) is 0 Å². The van der Waals surface area contributed by atoms with Gasteiger partial charge in [0, 0.05) is 19.2 Å². The average molecular weight is 332 g/mol. The van der Waals surface area contributed by atoms with Crippen LogP contribution in [0.1, 0.15) is 43.5 Å². The third kappa shape index (κ3) is 4.13. The summed E-state index contributed by atoms with van der Waals surface area (Å²) in [5, 5.41) is 2.62. The summed E-state index contributed by atoms with van der Waals surface area (Å²) in [7, 11) is 1.58. The highest BCUT2D eigenvalue weighted by Crippen LogP contribution is 2.21. The second-order valence-corrected chi connectivity index (χ2v) is 6.00. The predicted molar refractivity (Wildman–Crippen MR) is 90.0 cm³/mol. The zero-order valence-electron chi connectivity index (χ0n) is 14.4. The molecule has 6 nitrogen and oxygen atoms in total. The van der Waals surface area contributed by atoms with Crippen LogP contribution in [0.5, 0.6) is 5.75 Å². The van der Waals surface area contributed by atoms with Crippen molar-refractivity contribution in [3.05, 3.63) is 29.8 Å². The number of hydrogen-bond acceptors (Lipinski definition) is 4. The van der Waals surface area contributed by atoms with Crippen LogP contribution in [-0.2, 0) is 9.59 Å². The van der Waals surface area contributed by atoms with Crippen LogP contribution < -0.4 is 10.1 Å². The molecule has 0 spiro atoms. The number of nitrogens with zero attached hydrogens (tertiary/aromatic N) is 1. The number of ketones is 1. The van der Waals surface area contributed by atoms with Gasteiger partial charge in [-0.1, -0.05) is 12.1 Å². The first-order chi connectivity index (χ1) is 11.4. The molecule has 0 bridgehead atoms. The molecule has 1 aliphatic heterocycles. The van der Waals surface area contributed by atoms with E-state index >= 15 is 0 Å². The van der Waals surface area contributed by atoms with Crippen LogP contribution in [0.4, 0.5) is 0 Å². The van der Waals surface area contributed by atoms with Crippen molar-refractivity contribution in [1.29, 1.82) is 0 Å². The van der Waals surface area contributed by atoms with Gasteiger partial charge in [-0.3, -0.25) is 14.4 Å². The summed E-state index contributed by atoms with van der Waals surface area (Å²) in [5.41, 5.74) is 0.536. The Hall–Kier alpha value is -2.37. The number of Topliss-reactive ketones (excluding diaryl/α,β-unsaturated/α-hetero) is 1. The maximum atomic E-state index is 12.7. The van der Waals surface area contributed by atoms with Gasteiger partial charge < -0.3 is 15.0 Å².